The molecule has 1 fully saturated rings. The summed E-state index contributed by atoms with van der Waals surface area (Å²) in [7, 11) is 0. The number of rotatable bonds is 5. The van der Waals surface area contributed by atoms with Gasteiger partial charge in [-0.3, -0.25) is 4.79 Å². The molecule has 1 amide bonds. The second kappa shape index (κ2) is 9.16. The zero-order valence-electron chi connectivity index (χ0n) is 15.6. The number of anilines is 2. The number of nitrogens with one attached hydrogen (secondary N) is 1. The molecule has 6 heteroatoms. The Hall–Kier alpha value is -2.89. The van der Waals surface area contributed by atoms with Gasteiger partial charge in [0.05, 0.1) is 12.2 Å². The minimum Gasteiger partial charge on any atom is -0.462 e. The first-order chi connectivity index (χ1) is 13.2. The number of hydrogen-bond acceptors (Lipinski definition) is 5. The fraction of sp³-hybridized carbons (Fsp3) is 0.381. The van der Waals surface area contributed by atoms with Crippen molar-refractivity contribution in [3.63, 3.8) is 0 Å². The molecule has 1 aromatic heterocycles. The summed E-state index contributed by atoms with van der Waals surface area (Å²) < 4.78 is 4.98. The molecule has 27 heavy (non-hydrogen) atoms. The normalized spacial score (nSPS) is 14.3. The lowest BCUT2D eigenvalue weighted by atomic mass is 10.2. The van der Waals surface area contributed by atoms with Crippen LogP contribution in [0.25, 0.3) is 0 Å². The number of esters is 1. The van der Waals surface area contributed by atoms with Crippen molar-refractivity contribution < 1.29 is 14.3 Å². The highest BCUT2D eigenvalue weighted by Gasteiger charge is 2.17. The van der Waals surface area contributed by atoms with Crippen molar-refractivity contribution in [3.05, 3.63) is 53.7 Å². The molecule has 0 saturated carbocycles. The smallest absolute Gasteiger partial charge is 0.338 e. The molecule has 1 aliphatic heterocycles. The molecule has 0 bridgehead atoms. The first-order valence-corrected chi connectivity index (χ1v) is 9.47. The molecule has 2 aromatic rings. The largest absolute Gasteiger partial charge is 0.462 e. The highest BCUT2D eigenvalue weighted by atomic mass is 16.5. The first-order valence-electron chi connectivity index (χ1n) is 9.47. The Morgan fingerprint density at radius 3 is 2.41 bits per heavy atom. The number of carbonyl (C=O) groups excluding carboxylic acids is 2. The van der Waals surface area contributed by atoms with Crippen molar-refractivity contribution in [3.8, 4) is 0 Å². The number of nitrogens with zero attached hydrogens (tertiary/aromatic N) is 2. The summed E-state index contributed by atoms with van der Waals surface area (Å²) in [6.07, 6.45) is 6.15. The van der Waals surface area contributed by atoms with E-state index in [0.717, 1.165) is 31.6 Å². The molecule has 1 saturated heterocycles. The molecule has 1 aliphatic rings. The Kier molecular flexibility index (Phi) is 6.41. The summed E-state index contributed by atoms with van der Waals surface area (Å²) in [5.74, 6) is 0.312. The van der Waals surface area contributed by atoms with Crippen LogP contribution in [-0.4, -0.2) is 41.5 Å². The molecule has 0 aliphatic carbocycles. The van der Waals surface area contributed by atoms with Crippen LogP contribution in [0.3, 0.4) is 0 Å². The lowest BCUT2D eigenvalue weighted by Crippen LogP contribution is -2.31. The van der Waals surface area contributed by atoms with Crippen LogP contribution >= 0.6 is 0 Å². The van der Waals surface area contributed by atoms with Gasteiger partial charge in [-0.15, -0.1) is 0 Å². The maximum atomic E-state index is 12.8. The summed E-state index contributed by atoms with van der Waals surface area (Å²) in [5, 5.41) is 3.18. The van der Waals surface area contributed by atoms with Crippen molar-refractivity contribution in [2.75, 3.05) is 25.0 Å². The van der Waals surface area contributed by atoms with Crippen LogP contribution in [-0.2, 0) is 4.74 Å². The maximum Gasteiger partial charge on any atom is 0.338 e. The van der Waals surface area contributed by atoms with Crippen molar-refractivity contribution >= 4 is 23.4 Å². The Bertz CT molecular complexity index is 782. The average Bonchev–Trinajstić information content (AvgIpc) is 2.98. The van der Waals surface area contributed by atoms with E-state index in [4.69, 9.17) is 4.74 Å². The Morgan fingerprint density at radius 1 is 1.04 bits per heavy atom. The average molecular weight is 367 g/mol. The number of likely N-dealkylation sites (tertiary alicyclic amines) is 1. The van der Waals surface area contributed by atoms with Gasteiger partial charge in [0, 0.05) is 30.5 Å². The van der Waals surface area contributed by atoms with Crippen LogP contribution in [0.1, 0.15) is 53.3 Å². The third-order valence-corrected chi connectivity index (χ3v) is 4.57. The zero-order valence-corrected chi connectivity index (χ0v) is 15.6. The molecule has 0 unspecified atom stereocenters. The number of aromatic nitrogens is 1. The van der Waals surface area contributed by atoms with E-state index in [1.54, 1.807) is 49.5 Å². The summed E-state index contributed by atoms with van der Waals surface area (Å²) in [5.41, 5.74) is 1.92. The molecule has 3 rings (SSSR count). The van der Waals surface area contributed by atoms with E-state index in [-0.39, 0.29) is 11.9 Å². The predicted molar refractivity (Wildman–Crippen MR) is 104 cm³/mol. The third kappa shape index (κ3) is 5.06. The van der Waals surface area contributed by atoms with Crippen LogP contribution < -0.4 is 5.32 Å². The molecule has 2 heterocycles. The van der Waals surface area contributed by atoms with Gasteiger partial charge in [0.15, 0.2) is 0 Å². The van der Waals surface area contributed by atoms with Gasteiger partial charge in [-0.1, -0.05) is 12.8 Å². The van der Waals surface area contributed by atoms with Gasteiger partial charge in [0.25, 0.3) is 5.91 Å². The van der Waals surface area contributed by atoms with Gasteiger partial charge in [-0.2, -0.15) is 0 Å². The molecule has 1 aromatic carbocycles. The third-order valence-electron chi connectivity index (χ3n) is 4.57. The van der Waals surface area contributed by atoms with Gasteiger partial charge in [-0.05, 0) is 56.2 Å². The fourth-order valence-electron chi connectivity index (χ4n) is 3.14. The maximum absolute atomic E-state index is 12.8. The lowest BCUT2D eigenvalue weighted by molar-refractivity contribution is 0.0526. The number of benzene rings is 1. The molecule has 1 N–H and O–H groups in total. The second-order valence-electron chi connectivity index (χ2n) is 6.56. The molecule has 6 nitrogen and oxygen atoms in total. The van der Waals surface area contributed by atoms with Crippen molar-refractivity contribution in [1.82, 2.24) is 9.88 Å². The quantitative estimate of drug-likeness (QED) is 0.808. The highest BCUT2D eigenvalue weighted by molar-refractivity contribution is 5.95. The number of carbonyl (C=O) groups is 2. The van der Waals surface area contributed by atoms with Gasteiger partial charge in [0.2, 0.25) is 0 Å². The molecule has 0 spiro atoms. The fourth-order valence-corrected chi connectivity index (χ4v) is 3.14. The second-order valence-corrected chi connectivity index (χ2v) is 6.56. The Balaban J connectivity index is 1.68. The van der Waals surface area contributed by atoms with E-state index in [9.17, 15) is 9.59 Å². The molecule has 142 valence electrons. The van der Waals surface area contributed by atoms with E-state index in [2.05, 4.69) is 10.3 Å². The number of ether oxygens (including phenoxy) is 1. The monoisotopic (exact) mass is 367 g/mol. The highest BCUT2D eigenvalue weighted by Crippen LogP contribution is 2.19. The van der Waals surface area contributed by atoms with Crippen LogP contribution in [0, 0.1) is 0 Å². The van der Waals surface area contributed by atoms with Crippen molar-refractivity contribution in [2.24, 2.45) is 0 Å². The van der Waals surface area contributed by atoms with Crippen LogP contribution in [0.4, 0.5) is 11.5 Å². The standard InChI is InChI=1S/C21H25N3O3/c1-2-27-21(26)16-7-9-18(10-8-16)23-19-15-17(11-12-22-19)20(25)24-13-5-3-4-6-14-24/h7-12,15H,2-6,13-14H2,1H3,(H,22,23). The van der Waals surface area contributed by atoms with Gasteiger partial charge in [0.1, 0.15) is 5.82 Å². The first kappa shape index (κ1) is 18.9. The number of amides is 1. The SMILES string of the molecule is CCOC(=O)c1ccc(Nc2cc(C(=O)N3CCCCCC3)ccn2)cc1. The Morgan fingerprint density at radius 2 is 1.74 bits per heavy atom. The van der Waals surface area contributed by atoms with Crippen LogP contribution in [0.15, 0.2) is 42.6 Å². The van der Waals surface area contributed by atoms with Gasteiger partial charge >= 0.3 is 5.97 Å². The van der Waals surface area contributed by atoms with E-state index < -0.39 is 0 Å². The van der Waals surface area contributed by atoms with Gasteiger partial charge in [-0.25, -0.2) is 9.78 Å². The van der Waals surface area contributed by atoms with Crippen LogP contribution in [0.2, 0.25) is 0 Å². The number of hydrogen-bond donors (Lipinski definition) is 1. The van der Waals surface area contributed by atoms with E-state index in [1.165, 1.54) is 12.8 Å². The zero-order chi connectivity index (χ0) is 19.1. The van der Waals surface area contributed by atoms with Crippen LogP contribution in [0.5, 0.6) is 0 Å². The van der Waals surface area contributed by atoms with Gasteiger partial charge < -0.3 is 15.0 Å². The molecule has 0 atom stereocenters. The summed E-state index contributed by atoms with van der Waals surface area (Å²) in [6.45, 7) is 3.76. The minimum absolute atomic E-state index is 0.0556. The number of pyridine rings is 1. The molecular formula is C21H25N3O3. The summed E-state index contributed by atoms with van der Waals surface area (Å²) in [6, 6.07) is 10.5. The van der Waals surface area contributed by atoms with E-state index in [0.29, 0.717) is 23.6 Å². The topological polar surface area (TPSA) is 71.5 Å². The molecular weight excluding hydrogens is 342 g/mol. The van der Waals surface area contributed by atoms with Crippen molar-refractivity contribution in [1.29, 1.82) is 0 Å². The van der Waals surface area contributed by atoms with E-state index >= 15 is 0 Å². The predicted octanol–water partition coefficient (Wildman–Crippen LogP) is 4.02. The summed E-state index contributed by atoms with van der Waals surface area (Å²) >= 11 is 0. The Labute approximate surface area is 159 Å². The van der Waals surface area contributed by atoms with E-state index in [1.807, 2.05) is 4.90 Å². The summed E-state index contributed by atoms with van der Waals surface area (Å²) in [4.78, 5) is 30.7. The lowest BCUT2D eigenvalue weighted by Gasteiger charge is -2.20. The minimum atomic E-state index is -0.341. The molecule has 0 radical (unpaired) electrons. The van der Waals surface area contributed by atoms with Crippen molar-refractivity contribution in [2.45, 2.75) is 32.6 Å².